The highest BCUT2D eigenvalue weighted by Crippen LogP contribution is 2.44. The largest absolute Gasteiger partial charge is 0.465 e. The molecule has 3 saturated heterocycles. The first-order valence-electron chi connectivity index (χ1n) is 22.0. The number of hydrogen-bond donors (Lipinski definition) is 3. The van der Waals surface area contributed by atoms with Crippen molar-refractivity contribution < 1.29 is 80.7 Å². The summed E-state index contributed by atoms with van der Waals surface area (Å²) in [5.74, 6) is -1.39. The van der Waals surface area contributed by atoms with Crippen LogP contribution in [0.2, 0.25) is 0 Å². The molecule has 2 aromatic rings. The molecule has 3 fully saturated rings. The minimum atomic E-state index is -1.12. The van der Waals surface area contributed by atoms with Crippen molar-refractivity contribution in [3.8, 4) is 11.1 Å². The van der Waals surface area contributed by atoms with Gasteiger partial charge in [-0.05, 0) is 29.2 Å². The maximum absolute atomic E-state index is 13.4. The number of carbonyl (C=O) groups excluding carboxylic acids is 3. The van der Waals surface area contributed by atoms with Gasteiger partial charge >= 0.3 is 5.97 Å². The zero-order chi connectivity index (χ0) is 47.5. The molecule has 0 bridgehead atoms. The van der Waals surface area contributed by atoms with Crippen molar-refractivity contribution in [2.24, 2.45) is 0 Å². The Kier molecular flexibility index (Phi) is 19.6. The molecule has 368 valence electrons. The number of ether oxygens (including phenoxy) is 14. The smallest absolute Gasteiger partial charge is 0.306 e. The molecule has 0 aromatic heterocycles. The third-order valence-corrected chi connectivity index (χ3v) is 12.9. The first-order chi connectivity index (χ1) is 32.0. The molecular weight excluding hydrogens is 885 g/mol. The molecule has 0 saturated carbocycles. The molecule has 15 atom stereocenters. The Hall–Kier alpha value is -3.32. The first-order valence-corrected chi connectivity index (χ1v) is 22.6. The van der Waals surface area contributed by atoms with Gasteiger partial charge in [0.25, 0.3) is 0 Å². The van der Waals surface area contributed by atoms with Crippen molar-refractivity contribution in [2.45, 2.75) is 118 Å². The highest BCUT2D eigenvalue weighted by molar-refractivity contribution is 7.81. The van der Waals surface area contributed by atoms with Crippen molar-refractivity contribution >= 4 is 30.4 Å². The van der Waals surface area contributed by atoms with Crippen molar-refractivity contribution in [3.05, 3.63) is 59.7 Å². The van der Waals surface area contributed by atoms with Crippen molar-refractivity contribution in [1.29, 1.82) is 0 Å². The highest BCUT2D eigenvalue weighted by Gasteiger charge is 2.56. The summed E-state index contributed by atoms with van der Waals surface area (Å²) < 4.78 is 85.4. The average molecular weight is 951 g/mol. The average Bonchev–Trinajstić information content (AvgIpc) is 3.65. The Balaban J connectivity index is 1.11. The molecule has 20 heteroatoms. The second-order valence-corrected chi connectivity index (χ2v) is 16.7. The summed E-state index contributed by atoms with van der Waals surface area (Å²) in [6.45, 7) is 2.00. The van der Waals surface area contributed by atoms with Crippen LogP contribution in [0, 0.1) is 0 Å². The van der Waals surface area contributed by atoms with Gasteiger partial charge in [-0.25, -0.2) is 0 Å². The molecule has 1 aliphatic carbocycles. The number of nitrogens with one attached hydrogen (secondary N) is 2. The van der Waals surface area contributed by atoms with Gasteiger partial charge in [0.15, 0.2) is 18.8 Å². The Morgan fingerprint density at radius 3 is 1.59 bits per heavy atom. The van der Waals surface area contributed by atoms with Gasteiger partial charge in [0.05, 0.1) is 37.5 Å². The number of carbonyl (C=O) groups is 3. The van der Waals surface area contributed by atoms with Crippen LogP contribution in [0.4, 0.5) is 0 Å². The van der Waals surface area contributed by atoms with Gasteiger partial charge in [0.1, 0.15) is 67.6 Å². The van der Waals surface area contributed by atoms with Crippen LogP contribution in [0.5, 0.6) is 0 Å². The minimum absolute atomic E-state index is 0.0180. The van der Waals surface area contributed by atoms with E-state index in [1.165, 1.54) is 56.9 Å². The van der Waals surface area contributed by atoms with Crippen LogP contribution in [0.1, 0.15) is 36.8 Å². The lowest BCUT2D eigenvalue weighted by molar-refractivity contribution is -0.374. The number of amides is 2. The van der Waals surface area contributed by atoms with Crippen LogP contribution in [0.3, 0.4) is 0 Å². The van der Waals surface area contributed by atoms with Gasteiger partial charge in [-0.1, -0.05) is 48.5 Å². The topological polar surface area (TPSA) is 204 Å². The quantitative estimate of drug-likeness (QED) is 0.114. The number of benzene rings is 2. The monoisotopic (exact) mass is 950 g/mol. The van der Waals surface area contributed by atoms with Crippen LogP contribution in [0.15, 0.2) is 48.5 Å². The fourth-order valence-corrected chi connectivity index (χ4v) is 9.59. The number of thiol groups is 1. The summed E-state index contributed by atoms with van der Waals surface area (Å²) in [6.07, 6.45) is -12.4. The minimum Gasteiger partial charge on any atom is -0.465 e. The van der Waals surface area contributed by atoms with Gasteiger partial charge < -0.3 is 76.9 Å². The molecule has 3 heterocycles. The summed E-state index contributed by atoms with van der Waals surface area (Å²) in [7, 11) is 12.0. The van der Waals surface area contributed by atoms with E-state index in [4.69, 9.17) is 66.3 Å². The predicted molar refractivity (Wildman–Crippen MR) is 238 cm³/mol. The SMILES string of the molecule is COCC1OC(NC(=O)CCC(=O)OCC2c3ccccc3-c3ccccc32)C(OC)C(OC)C1OC1OC(COC)C(OC2OC(C)[C@@H](NC(=O)CS)C(OC)C2OC)C(OC)C1OC. The third kappa shape index (κ3) is 11.6. The molecule has 19 nitrogen and oxygen atoms in total. The van der Waals surface area contributed by atoms with Gasteiger partial charge in [-0.3, -0.25) is 14.4 Å². The van der Waals surface area contributed by atoms with E-state index in [-0.39, 0.29) is 50.2 Å². The Labute approximate surface area is 391 Å². The van der Waals surface area contributed by atoms with E-state index >= 15 is 0 Å². The second kappa shape index (κ2) is 24.8. The number of hydrogen-bond acceptors (Lipinski definition) is 18. The number of fused-ring (bicyclic) bond motifs is 3. The molecule has 0 radical (unpaired) electrons. The number of esters is 1. The molecule has 4 aliphatic rings. The lowest BCUT2D eigenvalue weighted by Crippen LogP contribution is -2.69. The van der Waals surface area contributed by atoms with E-state index in [0.717, 1.165) is 22.3 Å². The van der Waals surface area contributed by atoms with E-state index < -0.39 is 104 Å². The fourth-order valence-electron chi connectivity index (χ4n) is 9.50. The summed E-state index contributed by atoms with van der Waals surface area (Å²) in [6, 6.07) is 15.6. The Morgan fingerprint density at radius 1 is 0.561 bits per heavy atom. The van der Waals surface area contributed by atoms with E-state index in [0.29, 0.717) is 0 Å². The van der Waals surface area contributed by atoms with Gasteiger partial charge in [-0.2, -0.15) is 12.6 Å². The first kappa shape index (κ1) is 52.1. The van der Waals surface area contributed by atoms with Gasteiger partial charge in [0, 0.05) is 69.2 Å². The Morgan fingerprint density at radius 2 is 1.06 bits per heavy atom. The molecule has 14 unspecified atom stereocenters. The molecule has 3 aliphatic heterocycles. The molecule has 2 aromatic carbocycles. The number of rotatable bonds is 22. The van der Waals surface area contributed by atoms with Crippen LogP contribution in [0.25, 0.3) is 11.1 Å². The molecule has 0 spiro atoms. The maximum atomic E-state index is 13.4. The van der Waals surface area contributed by atoms with Crippen LogP contribution < -0.4 is 10.6 Å². The van der Waals surface area contributed by atoms with Crippen LogP contribution in [-0.2, 0) is 80.7 Å². The normalized spacial score (nSPS) is 33.2. The molecule has 6 rings (SSSR count). The number of methoxy groups -OCH3 is 8. The maximum Gasteiger partial charge on any atom is 0.306 e. The van der Waals surface area contributed by atoms with E-state index in [2.05, 4.69) is 35.4 Å². The zero-order valence-corrected chi connectivity index (χ0v) is 39.9. The van der Waals surface area contributed by atoms with Crippen LogP contribution in [-0.4, -0.2) is 192 Å². The predicted octanol–water partition coefficient (Wildman–Crippen LogP) is 2.00. The van der Waals surface area contributed by atoms with E-state index in [1.807, 2.05) is 36.4 Å². The van der Waals surface area contributed by atoms with Gasteiger partial charge in [-0.15, -0.1) is 0 Å². The molecule has 2 amide bonds. The molecule has 2 N–H and O–H groups in total. The van der Waals surface area contributed by atoms with Crippen molar-refractivity contribution in [1.82, 2.24) is 10.6 Å². The lowest BCUT2D eigenvalue weighted by Gasteiger charge is -2.51. The second-order valence-electron chi connectivity index (χ2n) is 16.4. The lowest BCUT2D eigenvalue weighted by atomic mass is 9.94. The summed E-state index contributed by atoms with van der Waals surface area (Å²) in [5.41, 5.74) is 4.44. The van der Waals surface area contributed by atoms with Crippen molar-refractivity contribution in [3.63, 3.8) is 0 Å². The highest BCUT2D eigenvalue weighted by atomic mass is 32.1. The standard InChI is InChI=1S/C46H66N2O17S/c1-24-35(47-33(50)23-66)38(54-4)42(58-8)45(61-24)64-37-31(22-53-3)63-46(43(59-9)40(37)56-6)65-36-30(21-52-2)62-44(41(57-7)39(36)55-5)48-32(49)18-19-34(51)60-20-29-27-16-12-10-14-25(27)26-15-11-13-17-28(26)29/h10-17,24,29-31,35-46,66H,18-23H2,1-9H3,(H,47,50)(H,48,49)/t24?,30?,31?,35-,36?,37?,38?,39?,40?,41?,42?,43?,44?,45?,46?/m1/s1. The molecule has 66 heavy (non-hydrogen) atoms. The molecular formula is C46H66N2O17S. The summed E-state index contributed by atoms with van der Waals surface area (Å²) in [5, 5.41) is 5.77. The third-order valence-electron chi connectivity index (χ3n) is 12.6. The summed E-state index contributed by atoms with van der Waals surface area (Å²) >= 11 is 4.10. The van der Waals surface area contributed by atoms with Gasteiger partial charge in [0.2, 0.25) is 11.8 Å². The summed E-state index contributed by atoms with van der Waals surface area (Å²) in [4.78, 5) is 38.8. The Bertz CT molecular complexity index is 1830. The van der Waals surface area contributed by atoms with E-state index in [1.54, 1.807) is 6.92 Å². The zero-order valence-electron chi connectivity index (χ0n) is 39.0. The fraction of sp³-hybridized carbons (Fsp3) is 0.674. The van der Waals surface area contributed by atoms with Crippen molar-refractivity contribution in [2.75, 3.05) is 82.5 Å². The van der Waals surface area contributed by atoms with E-state index in [9.17, 15) is 14.4 Å². The van der Waals surface area contributed by atoms with Crippen LogP contribution >= 0.6 is 12.6 Å².